The molecule has 0 fully saturated rings. The predicted molar refractivity (Wildman–Crippen MR) is 66.7 cm³/mol. The van der Waals surface area contributed by atoms with E-state index in [0.717, 1.165) is 11.1 Å². The number of hydrogen-bond donors (Lipinski definition) is 1. The summed E-state index contributed by atoms with van der Waals surface area (Å²) in [4.78, 5) is 3.05. The van der Waals surface area contributed by atoms with Gasteiger partial charge in [-0.05, 0) is 35.6 Å². The molecule has 0 radical (unpaired) electrons. The number of aromatic nitrogens is 1. The van der Waals surface area contributed by atoms with Crippen molar-refractivity contribution < 1.29 is 13.2 Å². The molecule has 2 rings (SSSR count). The average Bonchev–Trinajstić information content (AvgIpc) is 2.56. The highest BCUT2D eigenvalue weighted by atomic mass is 19.4. The van der Waals surface area contributed by atoms with E-state index >= 15 is 0 Å². The van der Waals surface area contributed by atoms with E-state index in [2.05, 4.69) is 4.98 Å². The first-order chi connectivity index (χ1) is 8.10. The summed E-state index contributed by atoms with van der Waals surface area (Å²) in [6, 6.07) is 2.81. The fourth-order valence-electron chi connectivity index (χ4n) is 2.20. The zero-order valence-corrected chi connectivity index (χ0v) is 10.9. The van der Waals surface area contributed by atoms with Gasteiger partial charge in [0.1, 0.15) is 0 Å². The van der Waals surface area contributed by atoms with Gasteiger partial charge in [-0.25, -0.2) is 0 Å². The van der Waals surface area contributed by atoms with Gasteiger partial charge in [0.25, 0.3) is 0 Å². The van der Waals surface area contributed by atoms with Crippen LogP contribution in [0.5, 0.6) is 0 Å². The van der Waals surface area contributed by atoms with E-state index in [0.29, 0.717) is 5.39 Å². The number of alkyl halides is 3. The Hall–Kier alpha value is -1.45. The molecule has 0 unspecified atom stereocenters. The van der Waals surface area contributed by atoms with Crippen LogP contribution < -0.4 is 0 Å². The van der Waals surface area contributed by atoms with Crippen molar-refractivity contribution in [3.05, 3.63) is 35.0 Å². The van der Waals surface area contributed by atoms with E-state index in [-0.39, 0.29) is 11.0 Å². The third-order valence-corrected chi connectivity index (χ3v) is 3.14. The number of aromatic amines is 1. The van der Waals surface area contributed by atoms with Crippen LogP contribution in [0.15, 0.2) is 18.3 Å². The Labute approximate surface area is 104 Å². The molecule has 0 spiro atoms. The lowest BCUT2D eigenvalue weighted by Crippen LogP contribution is -2.11. The molecule has 1 heterocycles. The van der Waals surface area contributed by atoms with Crippen molar-refractivity contribution in [3.8, 4) is 0 Å². The van der Waals surface area contributed by atoms with E-state index < -0.39 is 11.7 Å². The molecule has 0 bridgehead atoms. The zero-order chi connectivity index (χ0) is 13.7. The molecule has 0 saturated carbocycles. The van der Waals surface area contributed by atoms with E-state index in [1.165, 1.54) is 13.0 Å². The third-order valence-electron chi connectivity index (χ3n) is 3.14. The summed E-state index contributed by atoms with van der Waals surface area (Å²) in [6.07, 6.45) is -2.51. The summed E-state index contributed by atoms with van der Waals surface area (Å²) in [7, 11) is 0. The minimum atomic E-state index is -4.30. The molecule has 0 amide bonds. The molecular formula is C14H16F3N. The minimum Gasteiger partial charge on any atom is -0.361 e. The van der Waals surface area contributed by atoms with Crippen LogP contribution in [0.25, 0.3) is 10.9 Å². The van der Waals surface area contributed by atoms with Crippen LogP contribution in [-0.2, 0) is 11.6 Å². The molecule has 98 valence electrons. The van der Waals surface area contributed by atoms with E-state index in [1.807, 2.05) is 20.8 Å². The Morgan fingerprint density at radius 3 is 2.11 bits per heavy atom. The van der Waals surface area contributed by atoms with Gasteiger partial charge in [-0.2, -0.15) is 13.2 Å². The maximum absolute atomic E-state index is 12.9. The van der Waals surface area contributed by atoms with Gasteiger partial charge in [-0.3, -0.25) is 0 Å². The summed E-state index contributed by atoms with van der Waals surface area (Å²) >= 11 is 0. The number of aryl methyl sites for hydroxylation is 1. The second-order valence-electron chi connectivity index (χ2n) is 5.66. The third kappa shape index (κ3) is 2.11. The van der Waals surface area contributed by atoms with Crippen LogP contribution in [0.3, 0.4) is 0 Å². The van der Waals surface area contributed by atoms with Gasteiger partial charge >= 0.3 is 6.18 Å². The Morgan fingerprint density at radius 1 is 1.00 bits per heavy atom. The van der Waals surface area contributed by atoms with Crippen molar-refractivity contribution in [2.24, 2.45) is 0 Å². The average molecular weight is 255 g/mol. The lowest BCUT2D eigenvalue weighted by molar-refractivity contribution is -0.137. The number of H-pyrrole nitrogens is 1. The SMILES string of the molecule is Cc1cc2[nH]cc(C(C)(C)C)c2cc1C(F)(F)F. The largest absolute Gasteiger partial charge is 0.416 e. The van der Waals surface area contributed by atoms with Crippen LogP contribution in [0.1, 0.15) is 37.5 Å². The first-order valence-corrected chi connectivity index (χ1v) is 5.80. The second kappa shape index (κ2) is 3.77. The van der Waals surface area contributed by atoms with Crippen LogP contribution >= 0.6 is 0 Å². The summed E-state index contributed by atoms with van der Waals surface area (Å²) in [5.74, 6) is 0. The summed E-state index contributed by atoms with van der Waals surface area (Å²) in [6.45, 7) is 7.45. The number of rotatable bonds is 0. The van der Waals surface area contributed by atoms with Crippen LogP contribution in [0, 0.1) is 6.92 Å². The first-order valence-electron chi connectivity index (χ1n) is 5.80. The van der Waals surface area contributed by atoms with Crippen molar-refractivity contribution in [2.45, 2.75) is 39.3 Å². The predicted octanol–water partition coefficient (Wildman–Crippen LogP) is 4.79. The van der Waals surface area contributed by atoms with E-state index in [4.69, 9.17) is 0 Å². The molecule has 0 aliphatic heterocycles. The van der Waals surface area contributed by atoms with Crippen molar-refractivity contribution in [2.75, 3.05) is 0 Å². The fraction of sp³-hybridized carbons (Fsp3) is 0.429. The second-order valence-corrected chi connectivity index (χ2v) is 5.66. The Kier molecular flexibility index (Phi) is 2.72. The highest BCUT2D eigenvalue weighted by Crippen LogP contribution is 2.37. The monoisotopic (exact) mass is 255 g/mol. The molecule has 1 nitrogen and oxygen atoms in total. The summed E-state index contributed by atoms with van der Waals surface area (Å²) < 4.78 is 38.7. The molecule has 1 N–H and O–H groups in total. The molecule has 2 aromatic rings. The minimum absolute atomic E-state index is 0.184. The fourth-order valence-corrected chi connectivity index (χ4v) is 2.20. The first kappa shape index (κ1) is 13.0. The molecule has 4 heteroatoms. The molecule has 18 heavy (non-hydrogen) atoms. The Balaban J connectivity index is 2.75. The van der Waals surface area contributed by atoms with Gasteiger partial charge in [0.05, 0.1) is 5.56 Å². The quantitative estimate of drug-likeness (QED) is 0.696. The van der Waals surface area contributed by atoms with Gasteiger partial charge in [-0.15, -0.1) is 0 Å². The molecule has 1 aromatic heterocycles. The number of fused-ring (bicyclic) bond motifs is 1. The van der Waals surface area contributed by atoms with Crippen LogP contribution in [0.2, 0.25) is 0 Å². The van der Waals surface area contributed by atoms with Gasteiger partial charge < -0.3 is 4.98 Å². The smallest absolute Gasteiger partial charge is 0.361 e. The maximum Gasteiger partial charge on any atom is 0.416 e. The summed E-state index contributed by atoms with van der Waals surface area (Å²) in [5, 5.41) is 0.653. The normalized spacial score (nSPS) is 13.3. The van der Waals surface area contributed by atoms with Crippen LogP contribution in [0.4, 0.5) is 13.2 Å². The summed E-state index contributed by atoms with van der Waals surface area (Å²) in [5.41, 5.74) is 1.17. The number of hydrogen-bond acceptors (Lipinski definition) is 0. The number of nitrogens with one attached hydrogen (secondary N) is 1. The highest BCUT2D eigenvalue weighted by molar-refractivity contribution is 5.86. The molecule has 0 aliphatic carbocycles. The van der Waals surface area contributed by atoms with Crippen molar-refractivity contribution in [3.63, 3.8) is 0 Å². The molecular weight excluding hydrogens is 239 g/mol. The zero-order valence-electron chi connectivity index (χ0n) is 10.9. The van der Waals surface area contributed by atoms with Gasteiger partial charge in [-0.1, -0.05) is 20.8 Å². The number of halogens is 3. The van der Waals surface area contributed by atoms with Crippen molar-refractivity contribution >= 4 is 10.9 Å². The number of benzene rings is 1. The van der Waals surface area contributed by atoms with Gasteiger partial charge in [0.2, 0.25) is 0 Å². The lowest BCUT2D eigenvalue weighted by Gasteiger charge is -2.18. The highest BCUT2D eigenvalue weighted by Gasteiger charge is 2.33. The van der Waals surface area contributed by atoms with Gasteiger partial charge in [0, 0.05) is 17.1 Å². The van der Waals surface area contributed by atoms with Crippen LogP contribution in [-0.4, -0.2) is 4.98 Å². The molecule has 1 aromatic carbocycles. The lowest BCUT2D eigenvalue weighted by atomic mass is 9.86. The van der Waals surface area contributed by atoms with E-state index in [9.17, 15) is 13.2 Å². The van der Waals surface area contributed by atoms with Crippen molar-refractivity contribution in [1.82, 2.24) is 4.98 Å². The molecule has 0 atom stereocenters. The molecule has 0 aliphatic rings. The molecule has 0 saturated heterocycles. The van der Waals surface area contributed by atoms with E-state index in [1.54, 1.807) is 12.3 Å². The standard InChI is InChI=1S/C14H16F3N/c1-8-5-12-9(6-10(8)14(15,16)17)11(7-18-12)13(2,3)4/h5-7,18H,1-4H3. The maximum atomic E-state index is 12.9. The van der Waals surface area contributed by atoms with Gasteiger partial charge in [0.15, 0.2) is 0 Å². The van der Waals surface area contributed by atoms with Crippen molar-refractivity contribution in [1.29, 1.82) is 0 Å². The Bertz CT molecular complexity index is 585. The Morgan fingerprint density at radius 2 is 1.61 bits per heavy atom. The topological polar surface area (TPSA) is 15.8 Å².